The fourth-order valence-electron chi connectivity index (χ4n) is 1.56. The highest BCUT2D eigenvalue weighted by atomic mass is 79.9. The van der Waals surface area contributed by atoms with Crippen molar-refractivity contribution >= 4 is 15.9 Å². The van der Waals surface area contributed by atoms with Gasteiger partial charge in [-0.2, -0.15) is 9.78 Å². The minimum absolute atomic E-state index is 0.207. The molecular weight excluding hydrogens is 327 g/mol. The Labute approximate surface area is 124 Å². The molecule has 2 aromatic rings. The van der Waals surface area contributed by atoms with Crippen LogP contribution in [0.5, 0.6) is 5.75 Å². The van der Waals surface area contributed by atoms with Crippen LogP contribution in [0.2, 0.25) is 0 Å². The Bertz CT molecular complexity index is 653. The van der Waals surface area contributed by atoms with Crippen LogP contribution in [0.15, 0.2) is 39.7 Å². The molecular formula is C14H14BrFN2O2. The molecule has 0 bridgehead atoms. The number of hydrogen-bond donors (Lipinski definition) is 0. The molecule has 0 saturated heterocycles. The summed E-state index contributed by atoms with van der Waals surface area (Å²) in [7, 11) is 0. The van der Waals surface area contributed by atoms with E-state index in [0.717, 1.165) is 0 Å². The first-order valence-corrected chi connectivity index (χ1v) is 6.95. The van der Waals surface area contributed by atoms with E-state index in [2.05, 4.69) is 21.0 Å². The summed E-state index contributed by atoms with van der Waals surface area (Å²) in [6.45, 7) is 4.42. The quantitative estimate of drug-likeness (QED) is 0.858. The lowest BCUT2D eigenvalue weighted by Gasteiger charge is -2.11. The van der Waals surface area contributed by atoms with Crippen LogP contribution in [0, 0.1) is 11.7 Å². The molecule has 0 radical (unpaired) electrons. The normalized spacial score (nSPS) is 10.8. The second-order valence-electron chi connectivity index (χ2n) is 4.72. The highest BCUT2D eigenvalue weighted by molar-refractivity contribution is 9.10. The van der Waals surface area contributed by atoms with Gasteiger partial charge in [-0.05, 0) is 46.1 Å². The zero-order chi connectivity index (χ0) is 14.7. The number of halogens is 2. The zero-order valence-corrected chi connectivity index (χ0v) is 12.7. The van der Waals surface area contributed by atoms with E-state index < -0.39 is 0 Å². The van der Waals surface area contributed by atoms with Gasteiger partial charge in [0.1, 0.15) is 5.82 Å². The van der Waals surface area contributed by atoms with Gasteiger partial charge in [0.25, 0.3) is 0 Å². The predicted molar refractivity (Wildman–Crippen MR) is 77.8 cm³/mol. The lowest BCUT2D eigenvalue weighted by Crippen LogP contribution is -2.24. The van der Waals surface area contributed by atoms with Gasteiger partial charge in [0, 0.05) is 0 Å². The number of hydrogen-bond acceptors (Lipinski definition) is 3. The van der Waals surface area contributed by atoms with Crippen LogP contribution < -0.4 is 10.3 Å². The average molecular weight is 341 g/mol. The van der Waals surface area contributed by atoms with E-state index in [9.17, 15) is 9.18 Å². The molecule has 0 fully saturated rings. The summed E-state index contributed by atoms with van der Waals surface area (Å²) in [5.74, 6) is 0.141. The van der Waals surface area contributed by atoms with Crippen LogP contribution in [-0.2, 0) is 0 Å². The van der Waals surface area contributed by atoms with Gasteiger partial charge in [-0.25, -0.2) is 4.39 Å². The van der Waals surface area contributed by atoms with Crippen molar-refractivity contribution in [3.8, 4) is 11.4 Å². The molecule has 6 heteroatoms. The highest BCUT2D eigenvalue weighted by Gasteiger charge is 2.13. The number of rotatable bonds is 4. The standard InChI is InChI=1S/C14H14BrFN2O2/c1-9(2)8-20-13-12(15)7-17-18(14(13)19)11-5-3-10(16)4-6-11/h3-7,9H,8H2,1-2H3. The molecule has 0 spiro atoms. The summed E-state index contributed by atoms with van der Waals surface area (Å²) in [5.41, 5.74) is 0.102. The Hall–Kier alpha value is -1.69. The summed E-state index contributed by atoms with van der Waals surface area (Å²) in [6.07, 6.45) is 1.49. The third-order valence-corrected chi connectivity index (χ3v) is 3.09. The predicted octanol–water partition coefficient (Wildman–Crippen LogP) is 3.17. The van der Waals surface area contributed by atoms with Gasteiger partial charge in [0.15, 0.2) is 0 Å². The number of nitrogens with zero attached hydrogens (tertiary/aromatic N) is 2. The first-order valence-electron chi connectivity index (χ1n) is 6.15. The number of benzene rings is 1. The number of ether oxygens (including phenoxy) is 1. The molecule has 2 rings (SSSR count). The van der Waals surface area contributed by atoms with E-state index in [1.165, 1.54) is 35.1 Å². The van der Waals surface area contributed by atoms with E-state index >= 15 is 0 Å². The molecule has 0 aliphatic carbocycles. The SMILES string of the molecule is CC(C)COc1c(Br)cnn(-c2ccc(F)cc2)c1=O. The molecule has 106 valence electrons. The van der Waals surface area contributed by atoms with E-state index in [-0.39, 0.29) is 17.1 Å². The van der Waals surface area contributed by atoms with Gasteiger partial charge in [0.05, 0.1) is 23.0 Å². The Morgan fingerprint density at radius 3 is 2.60 bits per heavy atom. The lowest BCUT2D eigenvalue weighted by molar-refractivity contribution is 0.264. The van der Waals surface area contributed by atoms with Crippen molar-refractivity contribution in [1.29, 1.82) is 0 Å². The van der Waals surface area contributed by atoms with Crippen LogP contribution >= 0.6 is 15.9 Å². The van der Waals surface area contributed by atoms with Gasteiger partial charge in [-0.3, -0.25) is 4.79 Å². The van der Waals surface area contributed by atoms with E-state index in [1.807, 2.05) is 13.8 Å². The van der Waals surface area contributed by atoms with Crippen molar-refractivity contribution in [2.45, 2.75) is 13.8 Å². The van der Waals surface area contributed by atoms with Crippen molar-refractivity contribution in [3.05, 3.63) is 51.1 Å². The topological polar surface area (TPSA) is 44.1 Å². The maximum atomic E-state index is 12.9. The summed E-state index contributed by atoms with van der Waals surface area (Å²) in [6, 6.07) is 5.54. The minimum atomic E-state index is -0.383. The fourth-order valence-corrected chi connectivity index (χ4v) is 1.94. The molecule has 0 saturated carbocycles. The molecule has 1 heterocycles. The Morgan fingerprint density at radius 2 is 2.00 bits per heavy atom. The van der Waals surface area contributed by atoms with Crippen molar-refractivity contribution in [2.75, 3.05) is 6.61 Å². The summed E-state index contributed by atoms with van der Waals surface area (Å²) < 4.78 is 20.1. The van der Waals surface area contributed by atoms with Gasteiger partial charge >= 0.3 is 5.56 Å². The molecule has 0 aliphatic heterocycles. The van der Waals surface area contributed by atoms with Gasteiger partial charge in [-0.1, -0.05) is 13.8 Å². The van der Waals surface area contributed by atoms with Gasteiger partial charge in [-0.15, -0.1) is 0 Å². The van der Waals surface area contributed by atoms with Crippen molar-refractivity contribution in [3.63, 3.8) is 0 Å². The Kier molecular flexibility index (Phi) is 4.54. The van der Waals surface area contributed by atoms with E-state index in [0.29, 0.717) is 22.7 Å². The molecule has 1 aromatic carbocycles. The third kappa shape index (κ3) is 3.25. The monoisotopic (exact) mass is 340 g/mol. The molecule has 0 atom stereocenters. The van der Waals surface area contributed by atoms with Crippen molar-refractivity contribution < 1.29 is 9.13 Å². The van der Waals surface area contributed by atoms with Crippen molar-refractivity contribution in [1.82, 2.24) is 9.78 Å². The molecule has 0 amide bonds. The van der Waals surface area contributed by atoms with E-state index in [1.54, 1.807) is 0 Å². The summed E-state index contributed by atoms with van der Waals surface area (Å²) >= 11 is 3.25. The van der Waals surface area contributed by atoms with E-state index in [4.69, 9.17) is 4.74 Å². The average Bonchev–Trinajstić information content (AvgIpc) is 2.40. The molecule has 0 N–H and O–H groups in total. The lowest BCUT2D eigenvalue weighted by atomic mass is 10.2. The van der Waals surface area contributed by atoms with Crippen LogP contribution in [0.25, 0.3) is 5.69 Å². The second kappa shape index (κ2) is 6.17. The Morgan fingerprint density at radius 1 is 1.35 bits per heavy atom. The summed E-state index contributed by atoms with van der Waals surface area (Å²) in [4.78, 5) is 12.3. The van der Waals surface area contributed by atoms with Crippen LogP contribution in [0.3, 0.4) is 0 Å². The minimum Gasteiger partial charge on any atom is -0.487 e. The zero-order valence-electron chi connectivity index (χ0n) is 11.1. The summed E-state index contributed by atoms with van der Waals surface area (Å²) in [5, 5.41) is 4.02. The van der Waals surface area contributed by atoms with Gasteiger partial charge < -0.3 is 4.74 Å². The second-order valence-corrected chi connectivity index (χ2v) is 5.57. The third-order valence-electron chi connectivity index (χ3n) is 2.52. The fraction of sp³-hybridized carbons (Fsp3) is 0.286. The smallest absolute Gasteiger partial charge is 0.314 e. The van der Waals surface area contributed by atoms with Crippen LogP contribution in [-0.4, -0.2) is 16.4 Å². The van der Waals surface area contributed by atoms with Gasteiger partial charge in [0.2, 0.25) is 5.75 Å². The van der Waals surface area contributed by atoms with Crippen LogP contribution in [0.1, 0.15) is 13.8 Å². The molecule has 4 nitrogen and oxygen atoms in total. The maximum absolute atomic E-state index is 12.9. The maximum Gasteiger partial charge on any atom is 0.314 e. The first kappa shape index (κ1) is 14.7. The largest absolute Gasteiger partial charge is 0.487 e. The highest BCUT2D eigenvalue weighted by Crippen LogP contribution is 2.20. The molecule has 0 unspecified atom stereocenters. The number of aromatic nitrogens is 2. The Balaban J connectivity index is 2.43. The molecule has 20 heavy (non-hydrogen) atoms. The molecule has 0 aliphatic rings. The molecule has 1 aromatic heterocycles. The first-order chi connectivity index (χ1) is 9.49. The van der Waals surface area contributed by atoms with Crippen LogP contribution in [0.4, 0.5) is 4.39 Å². The van der Waals surface area contributed by atoms with Crippen molar-refractivity contribution in [2.24, 2.45) is 5.92 Å².